The van der Waals surface area contributed by atoms with E-state index in [1.165, 1.54) is 0 Å². The van der Waals surface area contributed by atoms with Crippen LogP contribution in [0.2, 0.25) is 5.02 Å². The third kappa shape index (κ3) is 7.28. The van der Waals surface area contributed by atoms with Crippen LogP contribution in [0.3, 0.4) is 0 Å². The first-order valence-corrected chi connectivity index (χ1v) is 7.55. The average molecular weight is 303 g/mol. The van der Waals surface area contributed by atoms with E-state index >= 15 is 0 Å². The number of nitrogens with one attached hydrogen (secondary N) is 1. The Labute approximate surface area is 123 Å². The molecule has 0 fully saturated rings. The normalized spacial score (nSPS) is 11.2. The van der Waals surface area contributed by atoms with Crippen molar-refractivity contribution in [1.29, 1.82) is 0 Å². The van der Waals surface area contributed by atoms with Crippen molar-refractivity contribution in [1.82, 2.24) is 10.3 Å². The van der Waals surface area contributed by atoms with E-state index < -0.39 is 5.60 Å². The third-order valence-corrected chi connectivity index (χ3v) is 3.39. The number of alkyl carbamates (subject to hydrolysis) is 1. The number of ether oxygens (including phenoxy) is 1. The fraction of sp³-hybridized carbons (Fsp3) is 0.538. The zero-order valence-corrected chi connectivity index (χ0v) is 13.0. The summed E-state index contributed by atoms with van der Waals surface area (Å²) in [6.45, 7) is 6.08. The number of carbonyl (C=O) groups is 1. The van der Waals surface area contributed by atoms with E-state index in [0.717, 1.165) is 22.1 Å². The molecule has 1 heterocycles. The monoisotopic (exact) mass is 302 g/mol. The second kappa shape index (κ2) is 7.60. The molecule has 0 saturated heterocycles. The van der Waals surface area contributed by atoms with Gasteiger partial charge in [0.05, 0.1) is 0 Å². The van der Waals surface area contributed by atoms with Crippen molar-refractivity contribution in [2.45, 2.75) is 32.1 Å². The number of halogens is 1. The summed E-state index contributed by atoms with van der Waals surface area (Å²) >= 11 is 7.70. The smallest absolute Gasteiger partial charge is 0.407 e. The molecule has 0 aliphatic carbocycles. The van der Waals surface area contributed by atoms with Crippen molar-refractivity contribution in [2.24, 2.45) is 0 Å². The van der Waals surface area contributed by atoms with Gasteiger partial charge in [0.1, 0.15) is 5.60 Å². The molecule has 1 aromatic rings. The standard InChI is InChI=1S/C13H19ClN2O2S/c1-13(2,3)18-12(17)16-6-7-19-9-10-8-15-5-4-11(10)14/h4-5,8H,6-7,9H2,1-3H3,(H,16,17). The summed E-state index contributed by atoms with van der Waals surface area (Å²) in [6.07, 6.45) is 3.05. The van der Waals surface area contributed by atoms with Crippen LogP contribution in [0.4, 0.5) is 4.79 Å². The van der Waals surface area contributed by atoms with Crippen LogP contribution in [0.1, 0.15) is 26.3 Å². The van der Waals surface area contributed by atoms with E-state index in [2.05, 4.69) is 10.3 Å². The maximum Gasteiger partial charge on any atom is 0.407 e. The maximum atomic E-state index is 11.4. The highest BCUT2D eigenvalue weighted by Crippen LogP contribution is 2.19. The van der Waals surface area contributed by atoms with Crippen LogP contribution in [0, 0.1) is 0 Å². The van der Waals surface area contributed by atoms with Crippen molar-refractivity contribution in [3.8, 4) is 0 Å². The van der Waals surface area contributed by atoms with Gasteiger partial charge in [-0.1, -0.05) is 11.6 Å². The maximum absolute atomic E-state index is 11.4. The molecule has 4 nitrogen and oxygen atoms in total. The largest absolute Gasteiger partial charge is 0.444 e. The number of nitrogens with zero attached hydrogens (tertiary/aromatic N) is 1. The van der Waals surface area contributed by atoms with Crippen LogP contribution in [0.5, 0.6) is 0 Å². The molecule has 0 radical (unpaired) electrons. The quantitative estimate of drug-likeness (QED) is 0.846. The number of carbonyl (C=O) groups excluding carboxylic acids is 1. The second-order valence-electron chi connectivity index (χ2n) is 4.95. The molecule has 0 spiro atoms. The number of hydrogen-bond donors (Lipinski definition) is 1. The Hall–Kier alpha value is -0.940. The van der Waals surface area contributed by atoms with E-state index in [1.54, 1.807) is 30.2 Å². The van der Waals surface area contributed by atoms with Crippen molar-refractivity contribution < 1.29 is 9.53 Å². The van der Waals surface area contributed by atoms with Crippen LogP contribution >= 0.6 is 23.4 Å². The summed E-state index contributed by atoms with van der Waals surface area (Å²) in [7, 11) is 0. The fourth-order valence-electron chi connectivity index (χ4n) is 1.24. The SMILES string of the molecule is CC(C)(C)OC(=O)NCCSCc1cnccc1Cl. The number of aromatic nitrogens is 1. The molecule has 0 aliphatic heterocycles. The van der Waals surface area contributed by atoms with Gasteiger partial charge in [0.25, 0.3) is 0 Å². The van der Waals surface area contributed by atoms with Gasteiger partial charge < -0.3 is 10.1 Å². The predicted molar refractivity (Wildman–Crippen MR) is 79.6 cm³/mol. The number of pyridine rings is 1. The van der Waals surface area contributed by atoms with Crippen LogP contribution in [-0.4, -0.2) is 29.0 Å². The first-order chi connectivity index (χ1) is 8.88. The topological polar surface area (TPSA) is 51.2 Å². The first kappa shape index (κ1) is 16.1. The van der Waals surface area contributed by atoms with E-state index in [9.17, 15) is 4.79 Å². The molecule has 0 aromatic carbocycles. The lowest BCUT2D eigenvalue weighted by molar-refractivity contribution is 0.0531. The molecule has 1 aromatic heterocycles. The lowest BCUT2D eigenvalue weighted by Gasteiger charge is -2.19. The van der Waals surface area contributed by atoms with Crippen LogP contribution in [-0.2, 0) is 10.5 Å². The lowest BCUT2D eigenvalue weighted by atomic mass is 10.2. The van der Waals surface area contributed by atoms with Gasteiger partial charge in [0, 0.05) is 35.5 Å². The highest BCUT2D eigenvalue weighted by atomic mass is 35.5. The van der Waals surface area contributed by atoms with Gasteiger partial charge in [-0.15, -0.1) is 0 Å². The first-order valence-electron chi connectivity index (χ1n) is 6.01. The Morgan fingerprint density at radius 2 is 2.26 bits per heavy atom. The lowest BCUT2D eigenvalue weighted by Crippen LogP contribution is -2.33. The zero-order valence-electron chi connectivity index (χ0n) is 11.4. The van der Waals surface area contributed by atoms with Crippen LogP contribution in [0.15, 0.2) is 18.5 Å². The summed E-state index contributed by atoms with van der Waals surface area (Å²) in [6, 6.07) is 1.77. The minimum absolute atomic E-state index is 0.382. The number of thioether (sulfide) groups is 1. The Morgan fingerprint density at radius 3 is 2.89 bits per heavy atom. The van der Waals surface area contributed by atoms with Crippen molar-refractivity contribution in [3.05, 3.63) is 29.0 Å². The molecule has 6 heteroatoms. The van der Waals surface area contributed by atoms with E-state index in [0.29, 0.717) is 6.54 Å². The summed E-state index contributed by atoms with van der Waals surface area (Å²) in [4.78, 5) is 15.4. The van der Waals surface area contributed by atoms with Crippen molar-refractivity contribution in [3.63, 3.8) is 0 Å². The molecule has 19 heavy (non-hydrogen) atoms. The van der Waals surface area contributed by atoms with Crippen LogP contribution < -0.4 is 5.32 Å². The number of hydrogen-bond acceptors (Lipinski definition) is 4. The molecule has 0 bridgehead atoms. The second-order valence-corrected chi connectivity index (χ2v) is 6.46. The molecular formula is C13H19ClN2O2S. The summed E-state index contributed by atoms with van der Waals surface area (Å²) in [5, 5.41) is 3.43. The minimum Gasteiger partial charge on any atom is -0.444 e. The van der Waals surface area contributed by atoms with Gasteiger partial charge in [-0.25, -0.2) is 4.79 Å². The fourth-order valence-corrected chi connectivity index (χ4v) is 2.33. The molecule has 0 atom stereocenters. The number of amides is 1. The Morgan fingerprint density at radius 1 is 1.53 bits per heavy atom. The van der Waals surface area contributed by atoms with E-state index in [1.807, 2.05) is 20.8 Å². The Bertz CT molecular complexity index is 421. The Kier molecular flexibility index (Phi) is 6.45. The van der Waals surface area contributed by atoms with E-state index in [-0.39, 0.29) is 6.09 Å². The van der Waals surface area contributed by atoms with Crippen molar-refractivity contribution >= 4 is 29.5 Å². The summed E-state index contributed by atoms with van der Waals surface area (Å²) < 4.78 is 5.13. The third-order valence-electron chi connectivity index (χ3n) is 2.02. The van der Waals surface area contributed by atoms with Crippen molar-refractivity contribution in [2.75, 3.05) is 12.3 Å². The van der Waals surface area contributed by atoms with Gasteiger partial charge in [-0.05, 0) is 32.4 Å². The van der Waals surface area contributed by atoms with Gasteiger partial charge in [0.2, 0.25) is 0 Å². The molecule has 1 amide bonds. The zero-order chi connectivity index (χ0) is 14.3. The average Bonchev–Trinajstić information content (AvgIpc) is 2.28. The minimum atomic E-state index is -0.458. The molecular weight excluding hydrogens is 284 g/mol. The highest BCUT2D eigenvalue weighted by Gasteiger charge is 2.15. The van der Waals surface area contributed by atoms with Gasteiger partial charge >= 0.3 is 6.09 Å². The highest BCUT2D eigenvalue weighted by molar-refractivity contribution is 7.98. The van der Waals surface area contributed by atoms with Crippen LogP contribution in [0.25, 0.3) is 0 Å². The molecule has 1 N–H and O–H groups in total. The molecule has 1 rings (SSSR count). The molecule has 0 aliphatic rings. The summed E-state index contributed by atoms with van der Waals surface area (Å²) in [5.41, 5.74) is 0.548. The molecule has 0 saturated carbocycles. The van der Waals surface area contributed by atoms with Gasteiger partial charge in [0.15, 0.2) is 0 Å². The number of rotatable bonds is 5. The van der Waals surface area contributed by atoms with E-state index in [4.69, 9.17) is 16.3 Å². The Balaban J connectivity index is 2.15. The van der Waals surface area contributed by atoms with Gasteiger partial charge in [-0.2, -0.15) is 11.8 Å². The van der Waals surface area contributed by atoms with Gasteiger partial charge in [-0.3, -0.25) is 4.98 Å². The summed E-state index contributed by atoms with van der Waals surface area (Å²) in [5.74, 6) is 1.58. The molecule has 106 valence electrons. The predicted octanol–water partition coefficient (Wildman–Crippen LogP) is 3.49. The molecule has 0 unspecified atom stereocenters.